The molecule has 4 heteroatoms. The van der Waals surface area contributed by atoms with E-state index in [1.807, 2.05) is 43.3 Å². The summed E-state index contributed by atoms with van der Waals surface area (Å²) in [6.07, 6.45) is 0. The van der Waals surface area contributed by atoms with E-state index in [2.05, 4.69) is 10.6 Å². The Labute approximate surface area is 118 Å². The molecule has 4 nitrogen and oxygen atoms in total. The number of hydrogen-bond acceptors (Lipinski definition) is 3. The second-order valence-electron chi connectivity index (χ2n) is 4.68. The molecule has 1 unspecified atom stereocenters. The van der Waals surface area contributed by atoms with Crippen LogP contribution >= 0.6 is 0 Å². The molecule has 0 bridgehead atoms. The molecule has 0 saturated carbocycles. The minimum absolute atomic E-state index is 0.0113. The molecule has 0 saturated heterocycles. The summed E-state index contributed by atoms with van der Waals surface area (Å²) in [5, 5.41) is 15.8. The topological polar surface area (TPSA) is 61.4 Å². The molecule has 0 heterocycles. The fourth-order valence-electron chi connectivity index (χ4n) is 2.03. The van der Waals surface area contributed by atoms with Gasteiger partial charge in [-0.2, -0.15) is 0 Å². The van der Waals surface area contributed by atoms with E-state index in [0.717, 1.165) is 16.9 Å². The van der Waals surface area contributed by atoms with E-state index in [1.54, 1.807) is 12.1 Å². The van der Waals surface area contributed by atoms with Crippen molar-refractivity contribution in [2.24, 2.45) is 0 Å². The Morgan fingerprint density at radius 1 is 1.05 bits per heavy atom. The summed E-state index contributed by atoms with van der Waals surface area (Å²) < 4.78 is 0. The molecule has 0 aliphatic carbocycles. The Kier molecular flexibility index (Phi) is 4.25. The van der Waals surface area contributed by atoms with Gasteiger partial charge in [0.1, 0.15) is 5.75 Å². The van der Waals surface area contributed by atoms with Crippen molar-refractivity contribution in [2.75, 3.05) is 10.6 Å². The third-order valence-electron chi connectivity index (χ3n) is 2.99. The van der Waals surface area contributed by atoms with Gasteiger partial charge in [0.25, 0.3) is 0 Å². The highest BCUT2D eigenvalue weighted by molar-refractivity contribution is 5.88. The van der Waals surface area contributed by atoms with E-state index in [1.165, 1.54) is 6.92 Å². The molecule has 2 aromatic carbocycles. The van der Waals surface area contributed by atoms with Gasteiger partial charge in [-0.3, -0.25) is 4.79 Å². The van der Waals surface area contributed by atoms with E-state index in [4.69, 9.17) is 0 Å². The van der Waals surface area contributed by atoms with Gasteiger partial charge in [-0.1, -0.05) is 18.2 Å². The first kappa shape index (κ1) is 13.9. The highest BCUT2D eigenvalue weighted by atomic mass is 16.3. The van der Waals surface area contributed by atoms with Crippen LogP contribution < -0.4 is 10.6 Å². The molecule has 0 spiro atoms. The molecule has 1 atom stereocenters. The summed E-state index contributed by atoms with van der Waals surface area (Å²) in [6, 6.07) is 14.7. The lowest BCUT2D eigenvalue weighted by Crippen LogP contribution is -2.08. The number of hydrogen-bond donors (Lipinski definition) is 3. The Morgan fingerprint density at radius 2 is 1.65 bits per heavy atom. The highest BCUT2D eigenvalue weighted by Gasteiger charge is 2.09. The molecule has 20 heavy (non-hydrogen) atoms. The maximum atomic E-state index is 10.9. The van der Waals surface area contributed by atoms with E-state index in [9.17, 15) is 9.90 Å². The normalized spacial score (nSPS) is 11.7. The van der Waals surface area contributed by atoms with Crippen LogP contribution in [0.2, 0.25) is 0 Å². The van der Waals surface area contributed by atoms with Gasteiger partial charge in [-0.05, 0) is 37.3 Å². The number of benzene rings is 2. The number of rotatable bonds is 4. The Morgan fingerprint density at radius 3 is 2.25 bits per heavy atom. The number of carbonyl (C=O) groups is 1. The van der Waals surface area contributed by atoms with Crippen LogP contribution in [0.4, 0.5) is 11.4 Å². The molecule has 0 aromatic heterocycles. The molecule has 3 N–H and O–H groups in total. The van der Waals surface area contributed by atoms with Crippen molar-refractivity contribution < 1.29 is 9.90 Å². The third kappa shape index (κ3) is 3.51. The Balaban J connectivity index is 2.06. The van der Waals surface area contributed by atoms with Gasteiger partial charge >= 0.3 is 0 Å². The number of carbonyl (C=O) groups excluding carboxylic acids is 1. The number of para-hydroxylation sites is 1. The lowest BCUT2D eigenvalue weighted by molar-refractivity contribution is -0.114. The van der Waals surface area contributed by atoms with Crippen LogP contribution in [0.15, 0.2) is 48.5 Å². The van der Waals surface area contributed by atoms with Crippen LogP contribution in [0, 0.1) is 0 Å². The second-order valence-corrected chi connectivity index (χ2v) is 4.68. The van der Waals surface area contributed by atoms with Crippen LogP contribution in [0.3, 0.4) is 0 Å². The summed E-state index contributed by atoms with van der Waals surface area (Å²) in [5.74, 6) is 0.190. The monoisotopic (exact) mass is 270 g/mol. The van der Waals surface area contributed by atoms with Gasteiger partial charge in [0.05, 0.1) is 6.04 Å². The van der Waals surface area contributed by atoms with Crippen molar-refractivity contribution in [1.29, 1.82) is 0 Å². The number of amides is 1. The van der Waals surface area contributed by atoms with Gasteiger partial charge in [0.15, 0.2) is 0 Å². The molecule has 2 rings (SSSR count). The summed E-state index contributed by atoms with van der Waals surface area (Å²) in [6.45, 7) is 3.46. The fourth-order valence-corrected chi connectivity index (χ4v) is 2.03. The molecule has 2 aromatic rings. The van der Waals surface area contributed by atoms with Crippen LogP contribution in [0.1, 0.15) is 25.5 Å². The Hall–Kier alpha value is -2.49. The summed E-state index contributed by atoms with van der Waals surface area (Å²) in [7, 11) is 0. The molecule has 0 aliphatic heterocycles. The predicted octanol–water partition coefficient (Wildman–Crippen LogP) is 3.52. The van der Waals surface area contributed by atoms with Crippen molar-refractivity contribution in [3.05, 3.63) is 54.1 Å². The second kappa shape index (κ2) is 6.10. The lowest BCUT2D eigenvalue weighted by Gasteiger charge is -2.17. The SMILES string of the molecule is CC(=O)Nc1ccc(NC(C)c2ccccc2O)cc1. The first-order valence-electron chi connectivity index (χ1n) is 6.48. The van der Waals surface area contributed by atoms with Gasteiger partial charge in [-0.15, -0.1) is 0 Å². The summed E-state index contributed by atoms with van der Waals surface area (Å²) in [4.78, 5) is 10.9. The van der Waals surface area contributed by atoms with Crippen LogP contribution in [0.25, 0.3) is 0 Å². The fraction of sp³-hybridized carbons (Fsp3) is 0.188. The summed E-state index contributed by atoms with van der Waals surface area (Å²) in [5.41, 5.74) is 2.53. The smallest absolute Gasteiger partial charge is 0.221 e. The largest absolute Gasteiger partial charge is 0.508 e. The first-order chi connectivity index (χ1) is 9.56. The van der Waals surface area contributed by atoms with E-state index in [-0.39, 0.29) is 17.7 Å². The quantitative estimate of drug-likeness (QED) is 0.796. The summed E-state index contributed by atoms with van der Waals surface area (Å²) >= 11 is 0. The minimum atomic E-state index is -0.0896. The predicted molar refractivity (Wildman–Crippen MR) is 80.9 cm³/mol. The zero-order valence-electron chi connectivity index (χ0n) is 11.6. The molecular formula is C16H18N2O2. The van der Waals surface area contributed by atoms with Gasteiger partial charge in [0.2, 0.25) is 5.91 Å². The number of anilines is 2. The number of aromatic hydroxyl groups is 1. The van der Waals surface area contributed by atoms with Gasteiger partial charge in [-0.25, -0.2) is 0 Å². The zero-order chi connectivity index (χ0) is 14.5. The third-order valence-corrected chi connectivity index (χ3v) is 2.99. The van der Waals surface area contributed by atoms with Crippen molar-refractivity contribution in [1.82, 2.24) is 0 Å². The van der Waals surface area contributed by atoms with E-state index < -0.39 is 0 Å². The molecular weight excluding hydrogens is 252 g/mol. The maximum Gasteiger partial charge on any atom is 0.221 e. The van der Waals surface area contributed by atoms with Crippen LogP contribution in [-0.2, 0) is 4.79 Å². The van der Waals surface area contributed by atoms with Gasteiger partial charge in [0, 0.05) is 23.9 Å². The van der Waals surface area contributed by atoms with Crippen molar-refractivity contribution in [3.8, 4) is 5.75 Å². The van der Waals surface area contributed by atoms with Crippen LogP contribution in [0.5, 0.6) is 5.75 Å². The van der Waals surface area contributed by atoms with Crippen LogP contribution in [-0.4, -0.2) is 11.0 Å². The number of phenols is 1. The maximum absolute atomic E-state index is 10.9. The first-order valence-corrected chi connectivity index (χ1v) is 6.48. The molecule has 0 radical (unpaired) electrons. The van der Waals surface area contributed by atoms with Crippen molar-refractivity contribution in [3.63, 3.8) is 0 Å². The molecule has 0 fully saturated rings. The number of nitrogens with one attached hydrogen (secondary N) is 2. The molecule has 104 valence electrons. The van der Waals surface area contributed by atoms with Gasteiger partial charge < -0.3 is 15.7 Å². The molecule has 1 amide bonds. The van der Waals surface area contributed by atoms with E-state index >= 15 is 0 Å². The minimum Gasteiger partial charge on any atom is -0.508 e. The number of phenolic OH excluding ortho intramolecular Hbond substituents is 1. The average Bonchev–Trinajstić information content (AvgIpc) is 2.41. The average molecular weight is 270 g/mol. The van der Waals surface area contributed by atoms with Crippen molar-refractivity contribution in [2.45, 2.75) is 19.9 Å². The molecule has 0 aliphatic rings. The zero-order valence-corrected chi connectivity index (χ0v) is 11.6. The van der Waals surface area contributed by atoms with Crippen molar-refractivity contribution >= 4 is 17.3 Å². The van der Waals surface area contributed by atoms with E-state index in [0.29, 0.717) is 0 Å². The standard InChI is InChI=1S/C16H18N2O2/c1-11(15-5-3-4-6-16(15)20)17-13-7-9-14(10-8-13)18-12(2)19/h3-11,17,20H,1-2H3,(H,18,19). The highest BCUT2D eigenvalue weighted by Crippen LogP contribution is 2.26. The Bertz CT molecular complexity index is 594. The lowest BCUT2D eigenvalue weighted by atomic mass is 10.1.